The van der Waals surface area contributed by atoms with Crippen molar-refractivity contribution in [2.75, 3.05) is 12.3 Å². The summed E-state index contributed by atoms with van der Waals surface area (Å²) in [6, 6.07) is 1.95. The molecule has 5 nitrogen and oxygen atoms in total. The van der Waals surface area contributed by atoms with Crippen LogP contribution in [0.25, 0.3) is 11.3 Å². The maximum absolute atomic E-state index is 5.96. The van der Waals surface area contributed by atoms with Crippen molar-refractivity contribution in [2.45, 2.75) is 33.1 Å². The van der Waals surface area contributed by atoms with Crippen LogP contribution < -0.4 is 10.5 Å². The molecule has 0 aliphatic rings. The van der Waals surface area contributed by atoms with Gasteiger partial charge in [-0.25, -0.2) is 9.97 Å². The molecule has 0 bridgehead atoms. The maximum Gasteiger partial charge on any atom is 0.138 e. The van der Waals surface area contributed by atoms with E-state index in [2.05, 4.69) is 28.8 Å². The second-order valence-corrected chi connectivity index (χ2v) is 4.59. The summed E-state index contributed by atoms with van der Waals surface area (Å²) in [6.07, 6.45) is 7.78. The van der Waals surface area contributed by atoms with Crippen molar-refractivity contribution in [3.63, 3.8) is 0 Å². The van der Waals surface area contributed by atoms with Crippen molar-refractivity contribution in [1.29, 1.82) is 0 Å². The molecule has 0 aliphatic carbocycles. The second-order valence-electron chi connectivity index (χ2n) is 4.59. The first-order valence-electron chi connectivity index (χ1n) is 6.93. The molecule has 5 heteroatoms. The van der Waals surface area contributed by atoms with Gasteiger partial charge in [-0.3, -0.25) is 4.98 Å². The zero-order valence-electron chi connectivity index (χ0n) is 12.0. The van der Waals surface area contributed by atoms with Gasteiger partial charge in [0.1, 0.15) is 17.9 Å². The minimum atomic E-state index is 0.539. The van der Waals surface area contributed by atoms with Gasteiger partial charge in [-0.2, -0.15) is 0 Å². The first-order chi connectivity index (χ1) is 9.76. The van der Waals surface area contributed by atoms with Gasteiger partial charge >= 0.3 is 0 Å². The molecular formula is C15H20N4O. The van der Waals surface area contributed by atoms with Gasteiger partial charge in [-0.1, -0.05) is 20.3 Å². The molecule has 0 unspecified atom stereocenters. The highest BCUT2D eigenvalue weighted by Crippen LogP contribution is 2.27. The maximum atomic E-state index is 5.96. The van der Waals surface area contributed by atoms with Gasteiger partial charge in [-0.05, 0) is 18.9 Å². The van der Waals surface area contributed by atoms with E-state index < -0.39 is 0 Å². The number of anilines is 1. The number of nitrogens with two attached hydrogens (primary N) is 1. The average molecular weight is 272 g/mol. The molecule has 0 saturated carbocycles. The highest BCUT2D eigenvalue weighted by Gasteiger charge is 2.11. The van der Waals surface area contributed by atoms with E-state index in [-0.39, 0.29) is 0 Å². The third-order valence-corrected chi connectivity index (χ3v) is 2.94. The minimum absolute atomic E-state index is 0.539. The van der Waals surface area contributed by atoms with E-state index in [1.807, 2.05) is 6.07 Å². The highest BCUT2D eigenvalue weighted by atomic mass is 16.5. The molecule has 0 aliphatic heterocycles. The Hall–Kier alpha value is -2.17. The molecule has 0 radical (unpaired) electrons. The predicted octanol–water partition coefficient (Wildman–Crippen LogP) is 2.86. The normalized spacial score (nSPS) is 10.5. The largest absolute Gasteiger partial charge is 0.492 e. The molecule has 0 amide bonds. The zero-order chi connectivity index (χ0) is 14.4. The van der Waals surface area contributed by atoms with Crippen LogP contribution >= 0.6 is 0 Å². The Balaban J connectivity index is 2.38. The van der Waals surface area contributed by atoms with Crippen molar-refractivity contribution in [2.24, 2.45) is 0 Å². The number of hydrogen-bond donors (Lipinski definition) is 1. The minimum Gasteiger partial charge on any atom is -0.492 e. The van der Waals surface area contributed by atoms with Crippen molar-refractivity contribution in [1.82, 2.24) is 15.0 Å². The van der Waals surface area contributed by atoms with Gasteiger partial charge in [0.25, 0.3) is 0 Å². The molecular weight excluding hydrogens is 252 g/mol. The highest BCUT2D eigenvalue weighted by molar-refractivity contribution is 5.67. The quantitative estimate of drug-likeness (QED) is 0.875. The van der Waals surface area contributed by atoms with E-state index in [0.717, 1.165) is 41.8 Å². The third-order valence-electron chi connectivity index (χ3n) is 2.94. The molecule has 2 aromatic heterocycles. The molecule has 0 spiro atoms. The number of aromatic nitrogens is 3. The number of nitrogen functional groups attached to an aromatic ring is 1. The Morgan fingerprint density at radius 3 is 2.75 bits per heavy atom. The predicted molar refractivity (Wildman–Crippen MR) is 79.5 cm³/mol. The zero-order valence-corrected chi connectivity index (χ0v) is 12.0. The molecule has 2 aromatic rings. The summed E-state index contributed by atoms with van der Waals surface area (Å²) in [4.78, 5) is 12.7. The van der Waals surface area contributed by atoms with E-state index in [4.69, 9.17) is 10.5 Å². The lowest BCUT2D eigenvalue weighted by atomic mass is 10.0. The Labute approximate surface area is 119 Å². The van der Waals surface area contributed by atoms with Gasteiger partial charge in [0.2, 0.25) is 0 Å². The van der Waals surface area contributed by atoms with Gasteiger partial charge in [-0.15, -0.1) is 0 Å². The van der Waals surface area contributed by atoms with Gasteiger partial charge < -0.3 is 10.5 Å². The van der Waals surface area contributed by atoms with Crippen LogP contribution in [-0.2, 0) is 6.42 Å². The lowest BCUT2D eigenvalue weighted by molar-refractivity contribution is 0.316. The van der Waals surface area contributed by atoms with Crippen molar-refractivity contribution in [3.8, 4) is 17.0 Å². The average Bonchev–Trinajstić information content (AvgIpc) is 2.48. The smallest absolute Gasteiger partial charge is 0.138 e. The van der Waals surface area contributed by atoms with Crippen LogP contribution in [0.2, 0.25) is 0 Å². The molecule has 0 atom stereocenters. The van der Waals surface area contributed by atoms with Gasteiger partial charge in [0, 0.05) is 17.3 Å². The molecule has 0 saturated heterocycles. The fourth-order valence-electron chi connectivity index (χ4n) is 2.02. The van der Waals surface area contributed by atoms with E-state index in [9.17, 15) is 0 Å². The summed E-state index contributed by atoms with van der Waals surface area (Å²) in [7, 11) is 0. The van der Waals surface area contributed by atoms with Crippen LogP contribution in [0.15, 0.2) is 24.8 Å². The van der Waals surface area contributed by atoms with Crippen molar-refractivity contribution < 1.29 is 4.74 Å². The Kier molecular flexibility index (Phi) is 4.87. The Morgan fingerprint density at radius 1 is 1.15 bits per heavy atom. The van der Waals surface area contributed by atoms with Crippen LogP contribution in [0, 0.1) is 0 Å². The van der Waals surface area contributed by atoms with Crippen LogP contribution in [0.1, 0.15) is 32.3 Å². The second kappa shape index (κ2) is 6.84. The van der Waals surface area contributed by atoms with Gasteiger partial charge in [0.15, 0.2) is 0 Å². The number of pyridine rings is 1. The van der Waals surface area contributed by atoms with Crippen molar-refractivity contribution >= 4 is 5.82 Å². The van der Waals surface area contributed by atoms with Crippen LogP contribution in [0.5, 0.6) is 5.75 Å². The summed E-state index contributed by atoms with van der Waals surface area (Å²) in [5.41, 5.74) is 8.69. The van der Waals surface area contributed by atoms with Crippen molar-refractivity contribution in [3.05, 3.63) is 30.4 Å². The third kappa shape index (κ3) is 3.23. The lowest BCUT2D eigenvalue weighted by Crippen LogP contribution is -2.03. The summed E-state index contributed by atoms with van der Waals surface area (Å²) in [6.45, 7) is 4.86. The van der Waals surface area contributed by atoms with E-state index in [1.165, 1.54) is 6.33 Å². The Morgan fingerprint density at radius 2 is 2.00 bits per heavy atom. The van der Waals surface area contributed by atoms with Crippen LogP contribution in [0.4, 0.5) is 5.82 Å². The summed E-state index contributed by atoms with van der Waals surface area (Å²) in [5, 5.41) is 0. The monoisotopic (exact) mass is 272 g/mol. The van der Waals surface area contributed by atoms with E-state index in [1.54, 1.807) is 12.4 Å². The lowest BCUT2D eigenvalue weighted by Gasteiger charge is -2.11. The van der Waals surface area contributed by atoms with Crippen LogP contribution in [-0.4, -0.2) is 21.6 Å². The number of nitrogens with zero attached hydrogens (tertiary/aromatic N) is 3. The topological polar surface area (TPSA) is 73.9 Å². The molecule has 2 N–H and O–H groups in total. The molecule has 106 valence electrons. The number of rotatable bonds is 6. The standard InChI is InChI=1S/C15H20N4O/c1-3-5-13-14(18-10-19-15(13)16)11-7-12(9-17-8-11)20-6-4-2/h7-10H,3-6H2,1-2H3,(H2,16,18,19). The summed E-state index contributed by atoms with van der Waals surface area (Å²) in [5.74, 6) is 1.29. The summed E-state index contributed by atoms with van der Waals surface area (Å²) < 4.78 is 5.61. The molecule has 0 fully saturated rings. The molecule has 0 aromatic carbocycles. The van der Waals surface area contributed by atoms with E-state index >= 15 is 0 Å². The first-order valence-corrected chi connectivity index (χ1v) is 6.93. The Bertz CT molecular complexity index is 572. The molecule has 2 heterocycles. The number of ether oxygens (including phenoxy) is 1. The van der Waals surface area contributed by atoms with E-state index in [0.29, 0.717) is 12.4 Å². The fourth-order valence-corrected chi connectivity index (χ4v) is 2.02. The molecule has 20 heavy (non-hydrogen) atoms. The van der Waals surface area contributed by atoms with Gasteiger partial charge in [0.05, 0.1) is 18.5 Å². The van der Waals surface area contributed by atoms with Crippen LogP contribution in [0.3, 0.4) is 0 Å². The number of hydrogen-bond acceptors (Lipinski definition) is 5. The fraction of sp³-hybridized carbons (Fsp3) is 0.400. The molecule has 2 rings (SSSR count). The first kappa shape index (κ1) is 14.2. The summed E-state index contributed by atoms with van der Waals surface area (Å²) >= 11 is 0. The SMILES string of the molecule is CCCOc1cncc(-c2ncnc(N)c2CCC)c1.